The average Bonchev–Trinajstić information content (AvgIpc) is 3.79. The van der Waals surface area contributed by atoms with Crippen molar-refractivity contribution < 1.29 is 19.8 Å². The molecule has 2 aliphatic heterocycles. The number of β-amino-alcohol motifs (C(OH)–C–C–N with tert-alkyl or cyclic N) is 1. The maximum absolute atomic E-state index is 13.5. The topological polar surface area (TPSA) is 163 Å². The van der Waals surface area contributed by atoms with Crippen LogP contribution in [0.25, 0.3) is 22.4 Å². The molecule has 1 aliphatic carbocycles. The van der Waals surface area contributed by atoms with Crippen molar-refractivity contribution in [1.82, 2.24) is 35.1 Å². The number of aliphatic hydroxyl groups excluding tert-OH is 1. The van der Waals surface area contributed by atoms with Crippen LogP contribution >= 0.6 is 0 Å². The van der Waals surface area contributed by atoms with E-state index in [1.165, 1.54) is 11.1 Å². The lowest BCUT2D eigenvalue weighted by Crippen LogP contribution is -2.56. The fraction of sp³-hybridized carbons (Fsp3) is 0.523. The molecule has 2 amide bonds. The number of phenolic OH excluding ortho intramolecular Hbond substituents is 1. The summed E-state index contributed by atoms with van der Waals surface area (Å²) in [6.07, 6.45) is 9.65. The number of anilines is 1. The van der Waals surface area contributed by atoms with Crippen molar-refractivity contribution in [3.05, 3.63) is 78.1 Å². The van der Waals surface area contributed by atoms with Crippen molar-refractivity contribution in [3.8, 4) is 28.1 Å². The van der Waals surface area contributed by atoms with Crippen LogP contribution in [0.5, 0.6) is 5.75 Å². The zero-order valence-corrected chi connectivity index (χ0v) is 33.3. The number of carbonyl (C=O) groups is 2. The third-order valence-electron chi connectivity index (χ3n) is 12.3. The number of hydrogen-bond donors (Lipinski definition) is 4. The molecule has 0 unspecified atom stereocenters. The number of aromatic hydroxyl groups is 1. The summed E-state index contributed by atoms with van der Waals surface area (Å²) in [6, 6.07) is 17.4. The molecule has 4 aromatic rings. The van der Waals surface area contributed by atoms with Gasteiger partial charge in [-0.1, -0.05) is 57.2 Å². The van der Waals surface area contributed by atoms with Gasteiger partial charge in [0.2, 0.25) is 11.8 Å². The van der Waals surface area contributed by atoms with E-state index in [0.717, 1.165) is 75.8 Å². The molecule has 0 spiro atoms. The molecule has 3 aliphatic rings. The van der Waals surface area contributed by atoms with Crippen LogP contribution in [0.4, 0.5) is 5.82 Å². The van der Waals surface area contributed by atoms with E-state index in [9.17, 15) is 19.8 Å². The number of nitrogens with two attached hydrogens (primary N) is 1. The minimum Gasteiger partial charge on any atom is -0.507 e. The van der Waals surface area contributed by atoms with E-state index >= 15 is 0 Å². The molecule has 298 valence electrons. The Morgan fingerprint density at radius 2 is 1.68 bits per heavy atom. The number of aliphatic hydroxyl groups is 1. The lowest BCUT2D eigenvalue weighted by atomic mass is 9.77. The Bertz CT molecular complexity index is 1980. The number of nitrogen functional groups attached to an aromatic ring is 1. The monoisotopic (exact) mass is 762 g/mol. The van der Waals surface area contributed by atoms with Crippen molar-refractivity contribution in [2.75, 3.05) is 25.4 Å². The van der Waals surface area contributed by atoms with Crippen LogP contribution in [-0.2, 0) is 22.7 Å². The molecule has 0 bridgehead atoms. The Labute approximate surface area is 330 Å². The highest BCUT2D eigenvalue weighted by atomic mass is 16.3. The zero-order valence-electron chi connectivity index (χ0n) is 33.3. The minimum atomic E-state index is -0.618. The van der Waals surface area contributed by atoms with Gasteiger partial charge >= 0.3 is 0 Å². The lowest BCUT2D eigenvalue weighted by molar-refractivity contribution is -0.141. The van der Waals surface area contributed by atoms with Crippen LogP contribution in [-0.4, -0.2) is 89.6 Å². The van der Waals surface area contributed by atoms with E-state index in [-0.39, 0.29) is 29.5 Å². The normalized spacial score (nSPS) is 22.9. The third kappa shape index (κ3) is 9.08. The van der Waals surface area contributed by atoms with Gasteiger partial charge in [-0.15, -0.1) is 10.2 Å². The van der Waals surface area contributed by atoms with Crippen LogP contribution in [0.2, 0.25) is 0 Å². The number of aromatic nitrogens is 4. The highest BCUT2D eigenvalue weighted by Gasteiger charge is 2.41. The number of phenols is 1. The van der Waals surface area contributed by atoms with Crippen LogP contribution < -0.4 is 11.1 Å². The molecule has 1 saturated carbocycles. The van der Waals surface area contributed by atoms with Crippen LogP contribution in [0.1, 0.15) is 89.7 Å². The van der Waals surface area contributed by atoms with Crippen molar-refractivity contribution >= 4 is 17.6 Å². The number of benzene rings is 2. The number of nitrogens with zero attached hydrogens (tertiary/aromatic N) is 6. The first-order valence-electron chi connectivity index (χ1n) is 20.4. The molecule has 12 heteroatoms. The smallest absolute Gasteiger partial charge is 0.246 e. The Kier molecular flexibility index (Phi) is 11.8. The van der Waals surface area contributed by atoms with Crippen molar-refractivity contribution in [1.29, 1.82) is 0 Å². The summed E-state index contributed by atoms with van der Waals surface area (Å²) in [5.41, 5.74) is 11.2. The molecule has 3 atom stereocenters. The number of para-hydroxylation sites is 1. The first kappa shape index (κ1) is 39.4. The first-order chi connectivity index (χ1) is 26.8. The second kappa shape index (κ2) is 16.7. The fourth-order valence-electron chi connectivity index (χ4n) is 8.88. The quantitative estimate of drug-likeness (QED) is 0.152. The number of rotatable bonds is 10. The number of hydrogen-bond acceptors (Lipinski definition) is 9. The van der Waals surface area contributed by atoms with E-state index in [4.69, 9.17) is 5.73 Å². The van der Waals surface area contributed by atoms with E-state index in [2.05, 4.69) is 49.8 Å². The van der Waals surface area contributed by atoms with Crippen LogP contribution in [0.15, 0.2) is 67.0 Å². The van der Waals surface area contributed by atoms with Gasteiger partial charge in [-0.2, -0.15) is 5.10 Å². The highest BCUT2D eigenvalue weighted by molar-refractivity contribution is 5.89. The SMILES string of the molecule is C[C@@H]1C[C@@H](O)CN1C(=O)[C@@H](NC(=O)C1CCC(c2ccc(CN3CCC(Cn4cc(-c5cc(-c6ccccc6O)nnc5N)cn4)CC3)cc2)CC1)C(C)(C)C. The predicted molar refractivity (Wildman–Crippen MR) is 217 cm³/mol. The summed E-state index contributed by atoms with van der Waals surface area (Å²) in [4.78, 5) is 31.3. The van der Waals surface area contributed by atoms with Crippen LogP contribution in [0.3, 0.4) is 0 Å². The molecule has 2 aromatic carbocycles. The summed E-state index contributed by atoms with van der Waals surface area (Å²) >= 11 is 0. The first-order valence-corrected chi connectivity index (χ1v) is 20.4. The van der Waals surface area contributed by atoms with Crippen molar-refractivity contribution in [2.24, 2.45) is 17.3 Å². The molecule has 3 fully saturated rings. The standard InChI is InChI=1S/C44H58N8O4/c1-28-21-35(53)27-52(28)43(56)40(44(2,3)4)47-42(55)33-15-13-32(14-16-33)31-11-9-29(10-12-31)24-50-19-17-30(18-20-50)25-51-26-34(23-46-51)37-22-38(48-49-41(37)45)36-7-5-6-8-39(36)54/h5-12,22-23,26,28,30,32-33,35,40,53-54H,13-21,24-25,27H2,1-4H3,(H2,45,49)(H,47,55)/t28-,32?,33?,35-,40-/m1/s1. The summed E-state index contributed by atoms with van der Waals surface area (Å²) in [7, 11) is 0. The minimum absolute atomic E-state index is 0.0227. The van der Waals surface area contributed by atoms with E-state index in [1.807, 2.05) is 56.9 Å². The fourth-order valence-corrected chi connectivity index (χ4v) is 8.88. The van der Waals surface area contributed by atoms with Gasteiger partial charge in [-0.05, 0) is 112 Å². The molecule has 5 N–H and O–H groups in total. The molecular weight excluding hydrogens is 705 g/mol. The van der Waals surface area contributed by atoms with E-state index < -0.39 is 17.6 Å². The lowest BCUT2D eigenvalue weighted by Gasteiger charge is -2.36. The Balaban J connectivity index is 0.859. The summed E-state index contributed by atoms with van der Waals surface area (Å²) in [5, 5.41) is 36.6. The summed E-state index contributed by atoms with van der Waals surface area (Å²) in [6.45, 7) is 12.1. The van der Waals surface area contributed by atoms with Gasteiger partial charge in [0, 0.05) is 54.5 Å². The highest BCUT2D eigenvalue weighted by Crippen LogP contribution is 2.37. The second-order valence-electron chi connectivity index (χ2n) is 17.5. The van der Waals surface area contributed by atoms with Gasteiger partial charge in [0.1, 0.15) is 11.8 Å². The zero-order chi connectivity index (χ0) is 39.6. The Hall–Kier alpha value is -4.81. The van der Waals surface area contributed by atoms with Gasteiger partial charge in [0.05, 0.1) is 18.0 Å². The molecule has 2 aromatic heterocycles. The number of amides is 2. The molecule has 12 nitrogen and oxygen atoms in total. The third-order valence-corrected chi connectivity index (χ3v) is 12.3. The maximum atomic E-state index is 13.5. The van der Waals surface area contributed by atoms with Crippen molar-refractivity contribution in [3.63, 3.8) is 0 Å². The average molecular weight is 763 g/mol. The molecular formula is C44H58N8O4. The maximum Gasteiger partial charge on any atom is 0.246 e. The number of likely N-dealkylation sites (tertiary alicyclic amines) is 2. The van der Waals surface area contributed by atoms with Crippen LogP contribution in [0, 0.1) is 17.3 Å². The van der Waals surface area contributed by atoms with E-state index in [1.54, 1.807) is 23.1 Å². The van der Waals surface area contributed by atoms with Gasteiger partial charge in [0.25, 0.3) is 0 Å². The Morgan fingerprint density at radius 1 is 0.964 bits per heavy atom. The van der Waals surface area contributed by atoms with Gasteiger partial charge < -0.3 is 26.2 Å². The molecule has 2 saturated heterocycles. The largest absolute Gasteiger partial charge is 0.507 e. The number of nitrogens with one attached hydrogen (secondary N) is 1. The van der Waals surface area contributed by atoms with Gasteiger partial charge in [-0.3, -0.25) is 19.2 Å². The number of piperidine rings is 1. The Morgan fingerprint density at radius 3 is 2.34 bits per heavy atom. The summed E-state index contributed by atoms with van der Waals surface area (Å²) in [5.74, 6) is 1.23. The van der Waals surface area contributed by atoms with Gasteiger partial charge in [-0.25, -0.2) is 0 Å². The van der Waals surface area contributed by atoms with E-state index in [0.29, 0.717) is 41.9 Å². The molecule has 4 heterocycles. The second-order valence-corrected chi connectivity index (χ2v) is 17.5. The molecule has 7 rings (SSSR count). The summed E-state index contributed by atoms with van der Waals surface area (Å²) < 4.78 is 2.00. The van der Waals surface area contributed by atoms with Crippen molar-refractivity contribution in [2.45, 2.75) is 110 Å². The molecule has 0 radical (unpaired) electrons. The number of carbonyl (C=O) groups excluding carboxylic acids is 2. The molecule has 56 heavy (non-hydrogen) atoms. The predicted octanol–water partition coefficient (Wildman–Crippen LogP) is 5.99. The van der Waals surface area contributed by atoms with Gasteiger partial charge in [0.15, 0.2) is 5.82 Å².